The number of nitrogens with one attached hydrogen (secondary N) is 1. The molecule has 19 heavy (non-hydrogen) atoms. The van der Waals surface area contributed by atoms with Crippen molar-refractivity contribution in [3.63, 3.8) is 0 Å². The van der Waals surface area contributed by atoms with Crippen LogP contribution in [0, 0.1) is 0 Å². The van der Waals surface area contributed by atoms with Crippen molar-refractivity contribution in [3.05, 3.63) is 24.0 Å². The summed E-state index contributed by atoms with van der Waals surface area (Å²) in [4.78, 5) is 4.19. The lowest BCUT2D eigenvalue weighted by atomic mass is 10.0. The van der Waals surface area contributed by atoms with E-state index in [1.807, 2.05) is 24.0 Å². The van der Waals surface area contributed by atoms with Crippen LogP contribution in [0.15, 0.2) is 18.5 Å². The summed E-state index contributed by atoms with van der Waals surface area (Å²) >= 11 is 2.03. The Balaban J connectivity index is 1.91. The summed E-state index contributed by atoms with van der Waals surface area (Å²) < 4.78 is 5.21. The van der Waals surface area contributed by atoms with E-state index in [1.54, 1.807) is 13.3 Å². The Kier molecular flexibility index (Phi) is 5.94. The van der Waals surface area contributed by atoms with E-state index in [1.165, 1.54) is 32.1 Å². The number of nitrogens with zero attached hydrogens (tertiary/aromatic N) is 1. The van der Waals surface area contributed by atoms with Gasteiger partial charge in [-0.1, -0.05) is 19.3 Å². The highest BCUT2D eigenvalue weighted by Crippen LogP contribution is 2.31. The first kappa shape index (κ1) is 14.6. The van der Waals surface area contributed by atoms with Crippen LogP contribution in [0.25, 0.3) is 0 Å². The molecule has 1 aromatic rings. The van der Waals surface area contributed by atoms with Crippen LogP contribution in [0.2, 0.25) is 0 Å². The number of aromatic nitrogens is 1. The number of pyridine rings is 1. The molecular weight excluding hydrogens is 258 g/mol. The van der Waals surface area contributed by atoms with Gasteiger partial charge in [-0.15, -0.1) is 0 Å². The fraction of sp³-hybridized carbons (Fsp3) is 0.643. The van der Waals surface area contributed by atoms with Crippen molar-refractivity contribution in [1.29, 1.82) is 0 Å². The molecule has 1 aliphatic rings. The van der Waals surface area contributed by atoms with Gasteiger partial charge in [0.25, 0.3) is 0 Å². The van der Waals surface area contributed by atoms with Crippen molar-refractivity contribution in [2.75, 3.05) is 12.9 Å². The van der Waals surface area contributed by atoms with E-state index in [4.69, 9.17) is 10.6 Å². The van der Waals surface area contributed by atoms with Crippen molar-refractivity contribution in [2.24, 2.45) is 5.84 Å². The average molecular weight is 281 g/mol. The van der Waals surface area contributed by atoms with Crippen LogP contribution in [-0.2, 0) is 0 Å². The molecule has 0 amide bonds. The molecule has 1 fully saturated rings. The van der Waals surface area contributed by atoms with Crippen LogP contribution >= 0.6 is 11.8 Å². The summed E-state index contributed by atoms with van der Waals surface area (Å²) in [6, 6.07) is 2.13. The largest absolute Gasteiger partial charge is 0.495 e. The molecule has 1 unspecified atom stereocenters. The predicted octanol–water partition coefficient (Wildman–Crippen LogP) is 2.66. The Morgan fingerprint density at radius 2 is 2.21 bits per heavy atom. The first-order chi connectivity index (χ1) is 9.33. The van der Waals surface area contributed by atoms with E-state index < -0.39 is 0 Å². The maximum Gasteiger partial charge on any atom is 0.137 e. The molecule has 1 heterocycles. The Morgan fingerprint density at radius 1 is 1.42 bits per heavy atom. The molecule has 1 aromatic heterocycles. The third-order valence-corrected chi connectivity index (χ3v) is 5.09. The Labute approximate surface area is 119 Å². The van der Waals surface area contributed by atoms with Crippen LogP contribution in [0.4, 0.5) is 0 Å². The van der Waals surface area contributed by atoms with Crippen molar-refractivity contribution in [1.82, 2.24) is 10.4 Å². The van der Waals surface area contributed by atoms with Gasteiger partial charge in [-0.25, -0.2) is 0 Å². The molecule has 0 saturated heterocycles. The van der Waals surface area contributed by atoms with Crippen LogP contribution in [0.5, 0.6) is 5.75 Å². The minimum absolute atomic E-state index is 0.134. The molecule has 0 radical (unpaired) electrons. The number of ether oxygens (including phenoxy) is 1. The second-order valence-corrected chi connectivity index (χ2v) is 6.30. The van der Waals surface area contributed by atoms with Gasteiger partial charge in [0.1, 0.15) is 5.75 Å². The number of nitrogens with two attached hydrogens (primary N) is 1. The van der Waals surface area contributed by atoms with Gasteiger partial charge in [0, 0.05) is 17.2 Å². The average Bonchev–Trinajstić information content (AvgIpc) is 2.49. The van der Waals surface area contributed by atoms with Gasteiger partial charge in [0.05, 0.1) is 19.3 Å². The summed E-state index contributed by atoms with van der Waals surface area (Å²) in [5, 5.41) is 0.795. The second-order valence-electron chi connectivity index (χ2n) is 4.97. The van der Waals surface area contributed by atoms with Gasteiger partial charge < -0.3 is 4.74 Å². The number of hydrogen-bond acceptors (Lipinski definition) is 5. The molecule has 4 nitrogen and oxygen atoms in total. The standard InChI is InChI=1S/C14H23N3OS/c1-18-12-7-11(8-16-9-12)14(17-15)10-19-13-5-3-2-4-6-13/h7-9,13-14,17H,2-6,10,15H2,1H3. The van der Waals surface area contributed by atoms with E-state index in [0.717, 1.165) is 22.3 Å². The lowest BCUT2D eigenvalue weighted by Gasteiger charge is -2.24. The molecule has 0 spiro atoms. The molecule has 3 N–H and O–H groups in total. The molecule has 0 aromatic carbocycles. The molecule has 106 valence electrons. The van der Waals surface area contributed by atoms with Gasteiger partial charge in [-0.2, -0.15) is 11.8 Å². The van der Waals surface area contributed by atoms with Crippen molar-refractivity contribution < 1.29 is 4.74 Å². The molecule has 2 rings (SSSR count). The lowest BCUT2D eigenvalue weighted by Crippen LogP contribution is -2.30. The smallest absolute Gasteiger partial charge is 0.137 e. The third kappa shape index (κ3) is 4.37. The SMILES string of the molecule is COc1cncc(C(CSC2CCCCC2)NN)c1. The summed E-state index contributed by atoms with van der Waals surface area (Å²) in [5.74, 6) is 7.44. The second kappa shape index (κ2) is 7.72. The lowest BCUT2D eigenvalue weighted by molar-refractivity contribution is 0.411. The fourth-order valence-electron chi connectivity index (χ4n) is 2.44. The number of rotatable bonds is 6. The molecule has 5 heteroatoms. The molecule has 1 saturated carbocycles. The Hall–Kier alpha value is -0.780. The summed E-state index contributed by atoms with van der Waals surface area (Å²) in [6.45, 7) is 0. The highest BCUT2D eigenvalue weighted by atomic mass is 32.2. The molecule has 1 atom stereocenters. The van der Waals surface area contributed by atoms with Crippen LogP contribution < -0.4 is 16.0 Å². The Morgan fingerprint density at radius 3 is 2.89 bits per heavy atom. The van der Waals surface area contributed by atoms with Crippen molar-refractivity contribution >= 4 is 11.8 Å². The maximum atomic E-state index is 5.68. The minimum atomic E-state index is 0.134. The van der Waals surface area contributed by atoms with Crippen LogP contribution in [-0.4, -0.2) is 23.1 Å². The zero-order chi connectivity index (χ0) is 13.5. The maximum absolute atomic E-state index is 5.68. The van der Waals surface area contributed by atoms with Gasteiger partial charge >= 0.3 is 0 Å². The van der Waals surface area contributed by atoms with Crippen LogP contribution in [0.1, 0.15) is 43.7 Å². The fourth-order valence-corrected chi connectivity index (χ4v) is 3.86. The minimum Gasteiger partial charge on any atom is -0.495 e. The highest BCUT2D eigenvalue weighted by molar-refractivity contribution is 7.99. The van der Waals surface area contributed by atoms with Crippen molar-refractivity contribution in [3.8, 4) is 5.75 Å². The quantitative estimate of drug-likeness (QED) is 0.620. The van der Waals surface area contributed by atoms with E-state index in [-0.39, 0.29) is 6.04 Å². The molecule has 0 bridgehead atoms. The normalized spacial score (nSPS) is 18.2. The van der Waals surface area contributed by atoms with Crippen molar-refractivity contribution in [2.45, 2.75) is 43.4 Å². The van der Waals surface area contributed by atoms with E-state index in [9.17, 15) is 0 Å². The number of thioether (sulfide) groups is 1. The summed E-state index contributed by atoms with van der Waals surface area (Å²) in [5.41, 5.74) is 3.98. The highest BCUT2D eigenvalue weighted by Gasteiger charge is 2.17. The zero-order valence-electron chi connectivity index (χ0n) is 11.5. The monoisotopic (exact) mass is 281 g/mol. The van der Waals surface area contributed by atoms with Gasteiger partial charge in [0.15, 0.2) is 0 Å². The zero-order valence-corrected chi connectivity index (χ0v) is 12.3. The van der Waals surface area contributed by atoms with Gasteiger partial charge in [-0.05, 0) is 24.5 Å². The predicted molar refractivity (Wildman–Crippen MR) is 80.2 cm³/mol. The third-order valence-electron chi connectivity index (χ3n) is 3.62. The molecule has 1 aliphatic carbocycles. The van der Waals surface area contributed by atoms with Crippen LogP contribution in [0.3, 0.4) is 0 Å². The summed E-state index contributed by atoms with van der Waals surface area (Å²) in [6.07, 6.45) is 10.4. The summed E-state index contributed by atoms with van der Waals surface area (Å²) in [7, 11) is 1.66. The first-order valence-corrected chi connectivity index (χ1v) is 7.95. The van der Waals surface area contributed by atoms with Gasteiger partial charge in [-0.3, -0.25) is 16.3 Å². The number of methoxy groups -OCH3 is 1. The Bertz CT molecular complexity index is 383. The van der Waals surface area contributed by atoms with E-state index in [0.29, 0.717) is 0 Å². The first-order valence-electron chi connectivity index (χ1n) is 6.90. The topological polar surface area (TPSA) is 60.2 Å². The molecule has 0 aliphatic heterocycles. The van der Waals surface area contributed by atoms with E-state index >= 15 is 0 Å². The molecular formula is C14H23N3OS. The number of hydrazine groups is 1. The number of hydrogen-bond donors (Lipinski definition) is 2. The van der Waals surface area contributed by atoms with Gasteiger partial charge in [0.2, 0.25) is 0 Å². The van der Waals surface area contributed by atoms with E-state index in [2.05, 4.69) is 10.4 Å².